The summed E-state index contributed by atoms with van der Waals surface area (Å²) in [4.78, 5) is 19.4. The molecule has 0 bridgehead atoms. The number of aromatic nitrogens is 1. The standard InChI is InChI=1S/C32H35N5O2/c1-4-34-22-12-13-26-29(18-22)39-30-19-28(35-5-2)21(3)17-27(30)32(26)25-11-7-6-10-24(25)31(38)37(32)16-15-33-20-23-9-8-14-36-23/h6-14,17-19,33-36H,4-5,15-16,20H2,1-3H3. The maximum atomic E-state index is 14.2. The molecule has 0 aliphatic carbocycles. The number of hydrogen-bond acceptors (Lipinski definition) is 5. The van der Waals surface area contributed by atoms with E-state index in [4.69, 9.17) is 4.74 Å². The molecule has 0 saturated carbocycles. The summed E-state index contributed by atoms with van der Waals surface area (Å²) >= 11 is 0. The molecular formula is C32H35N5O2. The number of hydrogen-bond donors (Lipinski definition) is 4. The van der Waals surface area contributed by atoms with Crippen molar-refractivity contribution in [3.63, 3.8) is 0 Å². The van der Waals surface area contributed by atoms with E-state index in [1.807, 2.05) is 35.4 Å². The number of rotatable bonds is 9. The zero-order chi connectivity index (χ0) is 27.0. The quantitative estimate of drug-likeness (QED) is 0.208. The number of anilines is 2. The van der Waals surface area contributed by atoms with E-state index < -0.39 is 5.54 Å². The molecule has 4 N–H and O–H groups in total. The maximum absolute atomic E-state index is 14.2. The van der Waals surface area contributed by atoms with Gasteiger partial charge in [0.15, 0.2) is 0 Å². The van der Waals surface area contributed by atoms with Gasteiger partial charge in [-0.3, -0.25) is 4.79 Å². The number of ether oxygens (including phenoxy) is 1. The molecule has 0 radical (unpaired) electrons. The van der Waals surface area contributed by atoms with Crippen molar-refractivity contribution in [1.29, 1.82) is 0 Å². The number of nitrogens with zero attached hydrogens (tertiary/aromatic N) is 1. The van der Waals surface area contributed by atoms with E-state index in [0.29, 0.717) is 19.6 Å². The third kappa shape index (κ3) is 4.05. The largest absolute Gasteiger partial charge is 0.456 e. The van der Waals surface area contributed by atoms with Gasteiger partial charge in [0.25, 0.3) is 5.91 Å². The summed E-state index contributed by atoms with van der Waals surface area (Å²) in [6.45, 7) is 9.80. The number of benzene rings is 3. The fraction of sp³-hybridized carbons (Fsp3) is 0.281. The molecule has 7 heteroatoms. The third-order valence-electron chi connectivity index (χ3n) is 7.74. The average molecular weight is 522 g/mol. The SMILES string of the molecule is CCNc1ccc2c(c1)Oc1cc(NCC)c(C)cc1C21c2ccccc2C(=O)N1CCNCc1ccc[nH]1. The molecule has 3 heterocycles. The van der Waals surface area contributed by atoms with Crippen LogP contribution in [-0.2, 0) is 12.1 Å². The predicted molar refractivity (Wildman–Crippen MR) is 156 cm³/mol. The Balaban J connectivity index is 1.52. The number of aryl methyl sites for hydroxylation is 1. The first kappa shape index (κ1) is 25.1. The molecule has 1 aromatic heterocycles. The first-order chi connectivity index (χ1) is 19.1. The second-order valence-corrected chi connectivity index (χ2v) is 10.1. The first-order valence-corrected chi connectivity index (χ1v) is 13.8. The minimum atomic E-state index is -0.801. The summed E-state index contributed by atoms with van der Waals surface area (Å²) in [6, 6.07) is 22.6. The van der Waals surface area contributed by atoms with Crippen molar-refractivity contribution in [2.45, 2.75) is 32.9 Å². The maximum Gasteiger partial charge on any atom is 0.255 e. The Morgan fingerprint density at radius 2 is 1.72 bits per heavy atom. The number of carbonyl (C=O) groups is 1. The van der Waals surface area contributed by atoms with Crippen molar-refractivity contribution in [2.24, 2.45) is 0 Å². The van der Waals surface area contributed by atoms with Gasteiger partial charge in [0.2, 0.25) is 0 Å². The highest BCUT2D eigenvalue weighted by atomic mass is 16.5. The Kier molecular flexibility index (Phi) is 6.53. The zero-order valence-electron chi connectivity index (χ0n) is 22.7. The van der Waals surface area contributed by atoms with Gasteiger partial charge in [-0.15, -0.1) is 0 Å². The van der Waals surface area contributed by atoms with Gasteiger partial charge in [0, 0.05) is 84.8 Å². The predicted octanol–water partition coefficient (Wildman–Crippen LogP) is 5.83. The van der Waals surface area contributed by atoms with Crippen molar-refractivity contribution in [3.8, 4) is 11.5 Å². The van der Waals surface area contributed by atoms with Gasteiger partial charge in [-0.05, 0) is 62.2 Å². The lowest BCUT2D eigenvalue weighted by atomic mass is 9.74. The zero-order valence-corrected chi connectivity index (χ0v) is 22.7. The highest BCUT2D eigenvalue weighted by Gasteiger charge is 2.56. The Morgan fingerprint density at radius 1 is 0.897 bits per heavy atom. The topological polar surface area (TPSA) is 81.4 Å². The van der Waals surface area contributed by atoms with E-state index in [1.165, 1.54) is 0 Å². The molecule has 200 valence electrons. The average Bonchev–Trinajstić information content (AvgIpc) is 3.54. The van der Waals surface area contributed by atoms with Crippen molar-refractivity contribution in [1.82, 2.24) is 15.2 Å². The number of H-pyrrole nitrogens is 1. The van der Waals surface area contributed by atoms with E-state index in [1.54, 1.807) is 0 Å². The van der Waals surface area contributed by atoms with Crippen molar-refractivity contribution >= 4 is 17.3 Å². The smallest absolute Gasteiger partial charge is 0.255 e. The summed E-state index contributed by atoms with van der Waals surface area (Å²) in [5, 5.41) is 10.4. The van der Waals surface area contributed by atoms with E-state index in [0.717, 1.165) is 69.5 Å². The number of aromatic amines is 1. The Morgan fingerprint density at radius 3 is 2.51 bits per heavy atom. The molecule has 1 unspecified atom stereocenters. The van der Waals surface area contributed by atoms with Crippen LogP contribution >= 0.6 is 0 Å². The summed E-state index contributed by atoms with van der Waals surface area (Å²) in [5.41, 5.74) is 7.17. The summed E-state index contributed by atoms with van der Waals surface area (Å²) in [7, 11) is 0. The molecule has 3 aromatic carbocycles. The van der Waals surface area contributed by atoms with E-state index >= 15 is 0 Å². The minimum Gasteiger partial charge on any atom is -0.456 e. The minimum absolute atomic E-state index is 0.0373. The molecular weight excluding hydrogens is 486 g/mol. The van der Waals surface area contributed by atoms with Gasteiger partial charge in [0.05, 0.1) is 0 Å². The van der Waals surface area contributed by atoms with Gasteiger partial charge in [-0.25, -0.2) is 0 Å². The van der Waals surface area contributed by atoms with Crippen molar-refractivity contribution in [3.05, 3.63) is 106 Å². The van der Waals surface area contributed by atoms with Crippen LogP contribution in [0.3, 0.4) is 0 Å². The second kappa shape index (κ2) is 10.2. The van der Waals surface area contributed by atoms with Crippen molar-refractivity contribution in [2.75, 3.05) is 36.8 Å². The Labute approximate surface area is 229 Å². The van der Waals surface area contributed by atoms with E-state index in [9.17, 15) is 4.79 Å². The Bertz CT molecular complexity index is 1510. The van der Waals surface area contributed by atoms with Crippen LogP contribution in [0.2, 0.25) is 0 Å². The van der Waals surface area contributed by atoms with Crippen LogP contribution in [0.25, 0.3) is 0 Å². The first-order valence-electron chi connectivity index (χ1n) is 13.8. The molecule has 1 spiro atoms. The molecule has 6 rings (SSSR count). The molecule has 2 aliphatic rings. The van der Waals surface area contributed by atoms with Crippen LogP contribution in [0.1, 0.15) is 52.2 Å². The number of carbonyl (C=O) groups excluding carboxylic acids is 1. The van der Waals surface area contributed by atoms with E-state index in [2.05, 4.69) is 84.2 Å². The molecule has 1 amide bonds. The summed E-state index contributed by atoms with van der Waals surface area (Å²) in [6.07, 6.45) is 1.92. The highest BCUT2D eigenvalue weighted by Crippen LogP contribution is 2.58. The van der Waals surface area contributed by atoms with Gasteiger partial charge >= 0.3 is 0 Å². The van der Waals surface area contributed by atoms with Gasteiger partial charge in [0.1, 0.15) is 17.0 Å². The van der Waals surface area contributed by atoms with Crippen molar-refractivity contribution < 1.29 is 9.53 Å². The van der Waals surface area contributed by atoms with Gasteiger partial charge in [-0.1, -0.05) is 24.3 Å². The fourth-order valence-corrected chi connectivity index (χ4v) is 6.09. The molecule has 0 fully saturated rings. The lowest BCUT2D eigenvalue weighted by Crippen LogP contribution is -2.49. The van der Waals surface area contributed by atoms with Crippen LogP contribution < -0.4 is 20.7 Å². The Hall–Kier alpha value is -4.23. The highest BCUT2D eigenvalue weighted by molar-refractivity contribution is 6.02. The third-order valence-corrected chi connectivity index (χ3v) is 7.74. The molecule has 2 aliphatic heterocycles. The van der Waals surface area contributed by atoms with Crippen LogP contribution in [-0.4, -0.2) is 42.0 Å². The summed E-state index contributed by atoms with van der Waals surface area (Å²) in [5.74, 6) is 1.57. The number of amides is 1. The van der Waals surface area contributed by atoms with Crippen LogP contribution in [0.15, 0.2) is 72.9 Å². The lowest BCUT2D eigenvalue weighted by molar-refractivity contribution is 0.0667. The van der Waals surface area contributed by atoms with Crippen LogP contribution in [0, 0.1) is 6.92 Å². The molecule has 1 atom stereocenters. The van der Waals surface area contributed by atoms with Crippen LogP contribution in [0.4, 0.5) is 11.4 Å². The molecule has 39 heavy (non-hydrogen) atoms. The molecule has 7 nitrogen and oxygen atoms in total. The monoisotopic (exact) mass is 521 g/mol. The fourth-order valence-electron chi connectivity index (χ4n) is 6.09. The summed E-state index contributed by atoms with van der Waals surface area (Å²) < 4.78 is 6.63. The molecule has 0 saturated heterocycles. The number of fused-ring (bicyclic) bond motifs is 6. The normalized spacial score (nSPS) is 17.0. The van der Waals surface area contributed by atoms with Gasteiger partial charge < -0.3 is 30.6 Å². The lowest BCUT2D eigenvalue weighted by Gasteiger charge is -2.44. The molecule has 4 aromatic rings. The van der Waals surface area contributed by atoms with E-state index in [-0.39, 0.29) is 5.91 Å². The van der Waals surface area contributed by atoms with Gasteiger partial charge in [-0.2, -0.15) is 0 Å². The second-order valence-electron chi connectivity index (χ2n) is 10.1. The van der Waals surface area contributed by atoms with Crippen LogP contribution in [0.5, 0.6) is 11.5 Å². The number of nitrogens with one attached hydrogen (secondary N) is 4.